The average molecular weight is 425 g/mol. The van der Waals surface area contributed by atoms with Crippen molar-refractivity contribution in [3.8, 4) is 11.4 Å². The molecule has 4 heterocycles. The Morgan fingerprint density at radius 1 is 1.00 bits per heavy atom. The number of para-hydroxylation sites is 2. The molecule has 2 aromatic heterocycles. The molecule has 4 aromatic rings. The summed E-state index contributed by atoms with van der Waals surface area (Å²) in [6.07, 6.45) is 7.39. The Morgan fingerprint density at radius 3 is 2.66 bits per heavy atom. The number of carbonyl (C=O) groups excluding carboxylic acids is 1. The minimum Gasteiger partial charge on any atom is -0.440 e. The first-order chi connectivity index (χ1) is 15.7. The smallest absolute Gasteiger partial charge is 0.255 e. The summed E-state index contributed by atoms with van der Waals surface area (Å²) in [6, 6.07) is 15.9. The van der Waals surface area contributed by atoms with Gasteiger partial charge in [0.05, 0.1) is 11.5 Å². The third-order valence-corrected chi connectivity index (χ3v) is 6.90. The van der Waals surface area contributed by atoms with Crippen LogP contribution in [0.15, 0.2) is 65.3 Å². The molecule has 0 radical (unpaired) electrons. The lowest BCUT2D eigenvalue weighted by atomic mass is 9.89. The van der Waals surface area contributed by atoms with E-state index in [0.29, 0.717) is 11.4 Å². The molecule has 3 atom stereocenters. The van der Waals surface area contributed by atoms with Crippen molar-refractivity contribution in [2.45, 2.75) is 50.6 Å². The van der Waals surface area contributed by atoms with Crippen LogP contribution in [0.1, 0.15) is 53.4 Å². The summed E-state index contributed by atoms with van der Waals surface area (Å²) in [7, 11) is 0. The Labute approximate surface area is 186 Å². The zero-order valence-electron chi connectivity index (χ0n) is 17.9. The standard InChI is InChI=1S/C26H24N4O2/c1-16-7-10-18(24-27-13-4-14-28-24)20(15-16)26(31)30-17-8-11-19(22(30)12-9-17)25-29-21-5-2-3-6-23(21)32-25/h2-7,10,13-15,17,19,22H,8-9,11-12H2,1H3/t17?,19?,22-/m0/s1. The number of benzene rings is 2. The van der Waals surface area contributed by atoms with Crippen LogP contribution in [0, 0.1) is 6.92 Å². The molecule has 2 aliphatic heterocycles. The summed E-state index contributed by atoms with van der Waals surface area (Å²) in [5, 5.41) is 0. The molecule has 32 heavy (non-hydrogen) atoms. The Kier molecular flexibility index (Phi) is 4.52. The molecule has 6 nitrogen and oxygen atoms in total. The monoisotopic (exact) mass is 424 g/mol. The highest BCUT2D eigenvalue weighted by Gasteiger charge is 2.47. The molecule has 6 heteroatoms. The van der Waals surface area contributed by atoms with Crippen LogP contribution < -0.4 is 0 Å². The largest absolute Gasteiger partial charge is 0.440 e. The van der Waals surface area contributed by atoms with E-state index in [9.17, 15) is 4.79 Å². The molecule has 2 unspecified atom stereocenters. The maximum Gasteiger partial charge on any atom is 0.255 e. The second-order valence-corrected chi connectivity index (χ2v) is 8.84. The highest BCUT2D eigenvalue weighted by Crippen LogP contribution is 2.45. The zero-order valence-corrected chi connectivity index (χ0v) is 17.9. The van der Waals surface area contributed by atoms with Crippen molar-refractivity contribution in [3.63, 3.8) is 0 Å². The van der Waals surface area contributed by atoms with Gasteiger partial charge >= 0.3 is 0 Å². The van der Waals surface area contributed by atoms with Gasteiger partial charge in [0.15, 0.2) is 11.4 Å². The maximum atomic E-state index is 14.0. The second kappa shape index (κ2) is 7.55. The molecular formula is C26H24N4O2. The number of oxazole rings is 1. The van der Waals surface area contributed by atoms with E-state index in [1.54, 1.807) is 18.5 Å². The zero-order chi connectivity index (χ0) is 21.7. The van der Waals surface area contributed by atoms with Crippen molar-refractivity contribution in [2.75, 3.05) is 0 Å². The molecule has 1 amide bonds. The molecular weight excluding hydrogens is 400 g/mol. The van der Waals surface area contributed by atoms with Crippen molar-refractivity contribution in [1.82, 2.24) is 19.9 Å². The highest BCUT2D eigenvalue weighted by molar-refractivity contribution is 6.01. The van der Waals surface area contributed by atoms with E-state index in [4.69, 9.17) is 9.40 Å². The Bertz CT molecular complexity index is 1270. The number of amides is 1. The fourth-order valence-corrected chi connectivity index (χ4v) is 5.42. The van der Waals surface area contributed by atoms with E-state index in [2.05, 4.69) is 14.9 Å². The van der Waals surface area contributed by atoms with E-state index < -0.39 is 0 Å². The van der Waals surface area contributed by atoms with Crippen molar-refractivity contribution in [3.05, 3.63) is 77.9 Å². The molecule has 0 saturated carbocycles. The summed E-state index contributed by atoms with van der Waals surface area (Å²) >= 11 is 0. The number of rotatable bonds is 3. The van der Waals surface area contributed by atoms with Gasteiger partial charge < -0.3 is 9.32 Å². The SMILES string of the molecule is Cc1ccc(-c2ncccn2)c(C(=O)N2C3CCC(c4nc5ccccc5o4)[C@@H]2CC3)c1. The fraction of sp³-hybridized carbons (Fsp3) is 0.308. The number of hydrogen-bond acceptors (Lipinski definition) is 5. The normalized spacial score (nSPS) is 22.4. The van der Waals surface area contributed by atoms with Gasteiger partial charge in [-0.25, -0.2) is 15.0 Å². The van der Waals surface area contributed by atoms with Gasteiger partial charge in [-0.15, -0.1) is 0 Å². The number of aromatic nitrogens is 3. The van der Waals surface area contributed by atoms with Gasteiger partial charge in [-0.3, -0.25) is 4.79 Å². The summed E-state index contributed by atoms with van der Waals surface area (Å²) in [5.41, 5.74) is 4.19. The van der Waals surface area contributed by atoms with Gasteiger partial charge in [0, 0.05) is 30.0 Å². The van der Waals surface area contributed by atoms with Gasteiger partial charge in [-0.2, -0.15) is 0 Å². The number of piperidine rings is 1. The lowest BCUT2D eigenvalue weighted by molar-refractivity contribution is 0.0542. The van der Waals surface area contributed by atoms with Gasteiger partial charge in [0.25, 0.3) is 5.91 Å². The molecule has 2 fully saturated rings. The maximum absolute atomic E-state index is 14.0. The van der Waals surface area contributed by atoms with E-state index in [-0.39, 0.29) is 23.9 Å². The van der Waals surface area contributed by atoms with Crippen LogP contribution in [0.3, 0.4) is 0 Å². The first kappa shape index (κ1) is 19.2. The molecule has 2 aliphatic rings. The fourth-order valence-electron chi connectivity index (χ4n) is 5.42. The van der Waals surface area contributed by atoms with Crippen LogP contribution in [-0.2, 0) is 0 Å². The quantitative estimate of drug-likeness (QED) is 0.455. The Morgan fingerprint density at radius 2 is 1.81 bits per heavy atom. The number of aryl methyl sites for hydroxylation is 1. The van der Waals surface area contributed by atoms with E-state index in [0.717, 1.165) is 53.8 Å². The number of fused-ring (bicyclic) bond motifs is 3. The van der Waals surface area contributed by atoms with Crippen LogP contribution in [0.4, 0.5) is 0 Å². The lowest BCUT2D eigenvalue weighted by Crippen LogP contribution is -2.47. The summed E-state index contributed by atoms with van der Waals surface area (Å²) < 4.78 is 6.13. The third-order valence-electron chi connectivity index (χ3n) is 6.90. The van der Waals surface area contributed by atoms with Gasteiger partial charge in [0.1, 0.15) is 5.52 Å². The predicted octanol–water partition coefficient (Wildman–Crippen LogP) is 5.14. The van der Waals surface area contributed by atoms with Crippen LogP contribution >= 0.6 is 0 Å². The van der Waals surface area contributed by atoms with E-state index >= 15 is 0 Å². The number of hydrogen-bond donors (Lipinski definition) is 0. The average Bonchev–Trinajstić information content (AvgIpc) is 3.39. The minimum absolute atomic E-state index is 0.0597. The molecule has 2 aromatic carbocycles. The molecule has 160 valence electrons. The van der Waals surface area contributed by atoms with E-state index in [1.807, 2.05) is 49.4 Å². The van der Waals surface area contributed by atoms with Crippen molar-refractivity contribution >= 4 is 17.0 Å². The van der Waals surface area contributed by atoms with Gasteiger partial charge in [-0.05, 0) is 56.9 Å². The van der Waals surface area contributed by atoms with Crippen molar-refractivity contribution in [2.24, 2.45) is 0 Å². The van der Waals surface area contributed by atoms with Gasteiger partial charge in [-0.1, -0.05) is 29.8 Å². The molecule has 0 N–H and O–H groups in total. The molecule has 6 rings (SSSR count). The van der Waals surface area contributed by atoms with Crippen molar-refractivity contribution in [1.29, 1.82) is 0 Å². The number of nitrogens with zero attached hydrogens (tertiary/aromatic N) is 4. The Hall–Kier alpha value is -3.54. The van der Waals surface area contributed by atoms with Crippen LogP contribution in [-0.4, -0.2) is 37.8 Å². The highest BCUT2D eigenvalue weighted by atomic mass is 16.3. The first-order valence-corrected chi connectivity index (χ1v) is 11.3. The van der Waals surface area contributed by atoms with Gasteiger partial charge in [0.2, 0.25) is 5.89 Å². The summed E-state index contributed by atoms with van der Waals surface area (Å²) in [4.78, 5) is 29.7. The topological polar surface area (TPSA) is 72.1 Å². The van der Waals surface area contributed by atoms with E-state index in [1.165, 1.54) is 0 Å². The van der Waals surface area contributed by atoms with Crippen molar-refractivity contribution < 1.29 is 9.21 Å². The molecule has 0 spiro atoms. The van der Waals surface area contributed by atoms with Crippen LogP contribution in [0.2, 0.25) is 0 Å². The summed E-state index contributed by atoms with van der Waals surface area (Å²) in [6.45, 7) is 2.01. The first-order valence-electron chi connectivity index (χ1n) is 11.3. The molecule has 0 aliphatic carbocycles. The summed E-state index contributed by atoms with van der Waals surface area (Å²) in [5.74, 6) is 1.51. The molecule has 2 bridgehead atoms. The third kappa shape index (κ3) is 3.09. The minimum atomic E-state index is 0.0597. The lowest BCUT2D eigenvalue weighted by Gasteiger charge is -2.39. The second-order valence-electron chi connectivity index (χ2n) is 8.84. The van der Waals surface area contributed by atoms with Crippen LogP contribution in [0.5, 0.6) is 0 Å². The predicted molar refractivity (Wildman–Crippen MR) is 121 cm³/mol. The van der Waals surface area contributed by atoms with Crippen LogP contribution in [0.25, 0.3) is 22.5 Å². The molecule has 2 saturated heterocycles. The Balaban J connectivity index is 1.38. The number of carbonyl (C=O) groups is 1.